The number of halogens is 2. The fourth-order valence-corrected chi connectivity index (χ4v) is 3.69. The first kappa shape index (κ1) is 21.4. The zero-order chi connectivity index (χ0) is 22.8. The Labute approximate surface area is 187 Å². The summed E-state index contributed by atoms with van der Waals surface area (Å²) in [6.45, 7) is 0.241. The lowest BCUT2D eigenvalue weighted by Gasteiger charge is -2.34. The number of nitrogens with two attached hydrogens (primary N) is 3. The SMILES string of the molecule is NC(=O)OC1=C(N)N(CCCl)C(n2nc(Cc3ccccc3F)c3ncccc32)N=C1N. The molecule has 0 bridgehead atoms. The van der Waals surface area contributed by atoms with Crippen LogP contribution in [0.3, 0.4) is 0 Å². The van der Waals surface area contributed by atoms with E-state index in [0.717, 1.165) is 0 Å². The molecule has 1 atom stereocenters. The monoisotopic (exact) mass is 458 g/mol. The van der Waals surface area contributed by atoms with Gasteiger partial charge in [-0.1, -0.05) is 18.2 Å². The van der Waals surface area contributed by atoms with Crippen LogP contribution in [0.25, 0.3) is 11.0 Å². The zero-order valence-corrected chi connectivity index (χ0v) is 17.5. The minimum atomic E-state index is -1.08. The lowest BCUT2D eigenvalue weighted by atomic mass is 10.1. The van der Waals surface area contributed by atoms with Gasteiger partial charge in [-0.25, -0.2) is 18.9 Å². The molecule has 0 saturated carbocycles. The summed E-state index contributed by atoms with van der Waals surface area (Å²) in [4.78, 5) is 21.7. The van der Waals surface area contributed by atoms with E-state index in [1.807, 2.05) is 0 Å². The number of hydrogen-bond donors (Lipinski definition) is 3. The molecular formula is C20H20ClFN8O2. The van der Waals surface area contributed by atoms with Crippen molar-refractivity contribution in [3.8, 4) is 0 Å². The molecule has 4 rings (SSSR count). The van der Waals surface area contributed by atoms with Gasteiger partial charge in [0.25, 0.3) is 0 Å². The second-order valence-corrected chi connectivity index (χ2v) is 7.29. The highest BCUT2D eigenvalue weighted by Crippen LogP contribution is 2.30. The Balaban J connectivity index is 1.81. The van der Waals surface area contributed by atoms with Gasteiger partial charge in [0.05, 0.1) is 11.2 Å². The summed E-state index contributed by atoms with van der Waals surface area (Å²) in [5.74, 6) is -0.392. The quantitative estimate of drug-likeness (QED) is 0.476. The number of alkyl halides is 1. The van der Waals surface area contributed by atoms with Crippen LogP contribution < -0.4 is 17.2 Å². The number of aromatic nitrogens is 3. The number of pyridine rings is 1. The number of hydrogen-bond acceptors (Lipinski definition) is 8. The molecule has 1 amide bonds. The molecule has 3 aromatic rings. The molecular weight excluding hydrogens is 439 g/mol. The van der Waals surface area contributed by atoms with Crippen LogP contribution >= 0.6 is 11.6 Å². The van der Waals surface area contributed by atoms with Crippen molar-refractivity contribution in [3.63, 3.8) is 0 Å². The number of amides is 1. The van der Waals surface area contributed by atoms with E-state index < -0.39 is 12.4 Å². The first-order valence-corrected chi connectivity index (χ1v) is 10.1. The summed E-state index contributed by atoms with van der Waals surface area (Å²) >= 11 is 5.98. The number of nitrogens with zero attached hydrogens (tertiary/aromatic N) is 5. The van der Waals surface area contributed by atoms with E-state index in [-0.39, 0.29) is 42.1 Å². The summed E-state index contributed by atoms with van der Waals surface area (Å²) in [5, 5.41) is 4.67. The second-order valence-electron chi connectivity index (χ2n) is 6.91. The smallest absolute Gasteiger partial charge is 0.403 e. The normalized spacial score (nSPS) is 16.4. The van der Waals surface area contributed by atoms with Gasteiger partial charge in [0.1, 0.15) is 11.3 Å². The van der Waals surface area contributed by atoms with Crippen LogP contribution in [0.1, 0.15) is 17.5 Å². The average Bonchev–Trinajstić information content (AvgIpc) is 3.13. The summed E-state index contributed by atoms with van der Waals surface area (Å²) in [6.07, 6.45) is -0.0709. The minimum absolute atomic E-state index is 0.0325. The topological polar surface area (TPSA) is 151 Å². The van der Waals surface area contributed by atoms with Crippen molar-refractivity contribution in [1.29, 1.82) is 0 Å². The van der Waals surface area contributed by atoms with E-state index in [4.69, 9.17) is 33.5 Å². The number of carbonyl (C=O) groups is 1. The molecule has 0 fully saturated rings. The number of carbonyl (C=O) groups excluding carboxylic acids is 1. The van der Waals surface area contributed by atoms with Crippen LogP contribution in [0.2, 0.25) is 0 Å². The number of amidine groups is 1. The molecule has 0 radical (unpaired) electrons. The van der Waals surface area contributed by atoms with Crippen molar-refractivity contribution in [2.24, 2.45) is 22.2 Å². The van der Waals surface area contributed by atoms with Crippen molar-refractivity contribution in [2.45, 2.75) is 12.7 Å². The molecule has 32 heavy (non-hydrogen) atoms. The number of ether oxygens (including phenoxy) is 1. The molecule has 2 aromatic heterocycles. The number of fused-ring (bicyclic) bond motifs is 1. The molecule has 1 aliphatic rings. The third kappa shape index (κ3) is 3.89. The standard InChI is InChI=1S/C20H20ClFN8O2/c21-7-9-29-18(24)16(32-19(25)31)17(23)27-20(29)30-14-6-3-8-26-15(14)13(28-30)10-11-4-1-2-5-12(11)22/h1-6,8,20H,7,9-10,24H2,(H2,23,27)(H2,25,31). The van der Waals surface area contributed by atoms with Crippen molar-refractivity contribution >= 4 is 34.6 Å². The molecule has 1 unspecified atom stereocenters. The summed E-state index contributed by atoms with van der Waals surface area (Å²) in [6, 6.07) is 10.0. The van der Waals surface area contributed by atoms with Crippen molar-refractivity contribution < 1.29 is 13.9 Å². The Bertz CT molecular complexity index is 1240. The Kier molecular flexibility index (Phi) is 5.82. The van der Waals surface area contributed by atoms with Crippen LogP contribution in [-0.4, -0.2) is 44.0 Å². The van der Waals surface area contributed by atoms with Gasteiger partial charge in [-0.3, -0.25) is 4.98 Å². The predicted octanol–water partition coefficient (Wildman–Crippen LogP) is 1.75. The predicted molar refractivity (Wildman–Crippen MR) is 117 cm³/mol. The molecule has 3 heterocycles. The Morgan fingerprint density at radius 2 is 2.00 bits per heavy atom. The highest BCUT2D eigenvalue weighted by Gasteiger charge is 2.33. The van der Waals surface area contributed by atoms with Crippen LogP contribution in [0.4, 0.5) is 9.18 Å². The second kappa shape index (κ2) is 8.71. The molecule has 12 heteroatoms. The number of primary amides is 1. The summed E-state index contributed by atoms with van der Waals surface area (Å²) in [7, 11) is 0. The van der Waals surface area contributed by atoms with E-state index in [0.29, 0.717) is 22.3 Å². The number of rotatable bonds is 6. The zero-order valence-electron chi connectivity index (χ0n) is 16.8. The van der Waals surface area contributed by atoms with Gasteiger partial charge < -0.3 is 26.8 Å². The molecule has 0 aliphatic carbocycles. The fraction of sp³-hybridized carbons (Fsp3) is 0.200. The van der Waals surface area contributed by atoms with E-state index >= 15 is 0 Å². The van der Waals surface area contributed by atoms with Crippen molar-refractivity contribution in [1.82, 2.24) is 19.7 Å². The van der Waals surface area contributed by atoms with Gasteiger partial charge >= 0.3 is 6.09 Å². The third-order valence-electron chi connectivity index (χ3n) is 4.91. The maximum absolute atomic E-state index is 14.3. The summed E-state index contributed by atoms with van der Waals surface area (Å²) < 4.78 is 20.8. The van der Waals surface area contributed by atoms with E-state index in [9.17, 15) is 9.18 Å². The molecule has 10 nitrogen and oxygen atoms in total. The fourth-order valence-electron chi connectivity index (χ4n) is 3.51. The van der Waals surface area contributed by atoms with Gasteiger partial charge in [-0.2, -0.15) is 5.10 Å². The number of benzene rings is 1. The van der Waals surface area contributed by atoms with Gasteiger partial charge in [0.2, 0.25) is 12.0 Å². The van der Waals surface area contributed by atoms with Crippen molar-refractivity contribution in [2.75, 3.05) is 12.4 Å². The minimum Gasteiger partial charge on any atom is -0.403 e. The highest BCUT2D eigenvalue weighted by molar-refractivity contribution is 6.18. The Morgan fingerprint density at radius 1 is 1.22 bits per heavy atom. The lowest BCUT2D eigenvalue weighted by molar-refractivity contribution is 0.157. The Hall–Kier alpha value is -3.86. The molecule has 0 saturated heterocycles. The van der Waals surface area contributed by atoms with E-state index in [1.54, 1.807) is 46.1 Å². The van der Waals surface area contributed by atoms with E-state index in [1.165, 1.54) is 6.07 Å². The van der Waals surface area contributed by atoms with Gasteiger partial charge in [-0.15, -0.1) is 11.6 Å². The van der Waals surface area contributed by atoms with Crippen LogP contribution in [0, 0.1) is 5.82 Å². The number of aliphatic imine (C=N–C) groups is 1. The Morgan fingerprint density at radius 3 is 2.72 bits per heavy atom. The largest absolute Gasteiger partial charge is 0.410 e. The molecule has 1 aliphatic heterocycles. The lowest BCUT2D eigenvalue weighted by Crippen LogP contribution is -2.44. The first-order chi connectivity index (χ1) is 15.4. The van der Waals surface area contributed by atoms with Gasteiger partial charge in [-0.05, 0) is 23.8 Å². The maximum atomic E-state index is 14.3. The third-order valence-corrected chi connectivity index (χ3v) is 5.07. The van der Waals surface area contributed by atoms with Gasteiger partial charge in [0.15, 0.2) is 11.7 Å². The first-order valence-electron chi connectivity index (χ1n) is 9.59. The molecule has 1 aromatic carbocycles. The molecule has 0 spiro atoms. The average molecular weight is 459 g/mol. The van der Waals surface area contributed by atoms with Crippen LogP contribution in [-0.2, 0) is 11.2 Å². The highest BCUT2D eigenvalue weighted by atomic mass is 35.5. The maximum Gasteiger partial charge on any atom is 0.410 e. The van der Waals surface area contributed by atoms with E-state index in [2.05, 4.69) is 15.1 Å². The molecule has 6 N–H and O–H groups in total. The van der Waals surface area contributed by atoms with Crippen LogP contribution in [0.5, 0.6) is 0 Å². The van der Waals surface area contributed by atoms with Crippen LogP contribution in [0.15, 0.2) is 59.2 Å². The molecule has 166 valence electrons. The van der Waals surface area contributed by atoms with Gasteiger partial charge in [0, 0.05) is 25.0 Å². The van der Waals surface area contributed by atoms with Crippen molar-refractivity contribution in [3.05, 3.63) is 71.2 Å². The summed E-state index contributed by atoms with van der Waals surface area (Å²) in [5.41, 5.74) is 19.6.